The van der Waals surface area contributed by atoms with Gasteiger partial charge < -0.3 is 15.4 Å². The molecule has 0 aliphatic rings. The molecule has 160 valence electrons. The molecule has 0 atom stereocenters. The number of benzene rings is 1. The second kappa shape index (κ2) is 10.6. The molecule has 0 saturated heterocycles. The summed E-state index contributed by atoms with van der Waals surface area (Å²) in [6.07, 6.45) is 1.68. The Bertz CT molecular complexity index is 1010. The van der Waals surface area contributed by atoms with Crippen LogP contribution < -0.4 is 10.6 Å². The summed E-state index contributed by atoms with van der Waals surface area (Å²) in [6.45, 7) is 3.75. The normalized spacial score (nSPS) is 11.1. The van der Waals surface area contributed by atoms with Crippen molar-refractivity contribution in [1.29, 1.82) is 0 Å². The number of carbonyl (C=O) groups is 1. The Morgan fingerprint density at radius 3 is 2.90 bits per heavy atom. The molecule has 30 heavy (non-hydrogen) atoms. The van der Waals surface area contributed by atoms with Gasteiger partial charge >= 0.3 is 0 Å². The number of hydrogen-bond donors (Lipinski definition) is 2. The highest BCUT2D eigenvalue weighted by molar-refractivity contribution is 7.99. The van der Waals surface area contributed by atoms with Crippen LogP contribution in [0.5, 0.6) is 0 Å². The minimum Gasteiger partial charge on any atom is -0.383 e. The van der Waals surface area contributed by atoms with Crippen molar-refractivity contribution in [3.63, 3.8) is 0 Å². The van der Waals surface area contributed by atoms with Gasteiger partial charge in [0.15, 0.2) is 10.8 Å². The lowest BCUT2D eigenvalue weighted by Crippen LogP contribution is -2.28. The van der Waals surface area contributed by atoms with Crippen molar-refractivity contribution < 1.29 is 13.9 Å². The topological polar surface area (TPSA) is 94.0 Å². The molecule has 2 aromatic heterocycles. The molecule has 0 aliphatic carbocycles. The second-order valence-corrected chi connectivity index (χ2v) is 7.80. The van der Waals surface area contributed by atoms with Gasteiger partial charge in [-0.15, -0.1) is 0 Å². The maximum Gasteiger partial charge on any atom is 0.255 e. The van der Waals surface area contributed by atoms with E-state index in [1.54, 1.807) is 18.0 Å². The van der Waals surface area contributed by atoms with Crippen LogP contribution in [0.4, 0.5) is 10.2 Å². The van der Waals surface area contributed by atoms with E-state index in [2.05, 4.69) is 25.7 Å². The van der Waals surface area contributed by atoms with Gasteiger partial charge in [-0.3, -0.25) is 4.79 Å². The maximum absolute atomic E-state index is 13.9. The zero-order valence-corrected chi connectivity index (χ0v) is 18.2. The first-order valence-corrected chi connectivity index (χ1v) is 10.7. The average Bonchev–Trinajstić information content (AvgIpc) is 3.11. The fraction of sp³-hybridized carbons (Fsp3) is 0.368. The zero-order chi connectivity index (χ0) is 21.5. The predicted molar refractivity (Wildman–Crippen MR) is 116 cm³/mol. The lowest BCUT2D eigenvalue weighted by Gasteiger charge is -2.10. The van der Waals surface area contributed by atoms with Crippen LogP contribution in [-0.2, 0) is 11.3 Å². The summed E-state index contributed by atoms with van der Waals surface area (Å²) >= 11 is 7.47. The quantitative estimate of drug-likeness (QED) is 0.277. The summed E-state index contributed by atoms with van der Waals surface area (Å²) in [5.74, 6) is 0.274. The Morgan fingerprint density at radius 2 is 2.17 bits per heavy atom. The van der Waals surface area contributed by atoms with E-state index < -0.39 is 11.7 Å². The average molecular weight is 453 g/mol. The number of rotatable bonds is 10. The number of anilines is 1. The molecular weight excluding hydrogens is 431 g/mol. The highest BCUT2D eigenvalue weighted by Gasteiger charge is 2.16. The Hall–Kier alpha value is -2.43. The number of hydrogen-bond acceptors (Lipinski definition) is 7. The van der Waals surface area contributed by atoms with Gasteiger partial charge in [0.1, 0.15) is 11.6 Å². The number of carbonyl (C=O) groups excluding carboxylic acids is 1. The molecule has 2 heterocycles. The molecule has 11 heteroatoms. The third-order valence-electron chi connectivity index (χ3n) is 4.15. The van der Waals surface area contributed by atoms with Crippen molar-refractivity contribution in [1.82, 2.24) is 25.1 Å². The van der Waals surface area contributed by atoms with E-state index in [-0.39, 0.29) is 17.1 Å². The van der Waals surface area contributed by atoms with Crippen LogP contribution in [0.15, 0.2) is 29.6 Å². The Kier molecular flexibility index (Phi) is 7.83. The molecule has 0 radical (unpaired) electrons. The van der Waals surface area contributed by atoms with E-state index >= 15 is 0 Å². The number of nitrogens with zero attached hydrogens (tertiary/aromatic N) is 4. The second-order valence-electron chi connectivity index (χ2n) is 6.16. The number of nitrogens with one attached hydrogen (secondary N) is 2. The summed E-state index contributed by atoms with van der Waals surface area (Å²) in [5, 5.41) is 11.8. The van der Waals surface area contributed by atoms with Crippen LogP contribution in [0.3, 0.4) is 0 Å². The maximum atomic E-state index is 13.9. The number of aromatic nitrogens is 4. The molecule has 0 fully saturated rings. The lowest BCUT2D eigenvalue weighted by atomic mass is 10.2. The van der Waals surface area contributed by atoms with Crippen LogP contribution >= 0.6 is 23.4 Å². The monoisotopic (exact) mass is 452 g/mol. The van der Waals surface area contributed by atoms with E-state index in [1.165, 1.54) is 30.0 Å². The zero-order valence-electron chi connectivity index (χ0n) is 16.6. The standard InChI is InChI=1S/C19H22ClFN6O2S/c1-3-30-19-25-16(22-8-10-29-2)12-11-24-27(17(12)26-19)9-7-23-18(28)15-13(20)5-4-6-14(15)21/h4-6,11H,3,7-10H2,1-2H3,(H,23,28)(H,22,25,26). The molecule has 3 rings (SSSR count). The molecule has 2 N–H and O–H groups in total. The summed E-state index contributed by atoms with van der Waals surface area (Å²) in [7, 11) is 1.64. The molecule has 1 aromatic carbocycles. The first-order valence-electron chi connectivity index (χ1n) is 9.36. The van der Waals surface area contributed by atoms with Crippen LogP contribution in [-0.4, -0.2) is 58.2 Å². The smallest absolute Gasteiger partial charge is 0.255 e. The molecule has 0 unspecified atom stereocenters. The first kappa shape index (κ1) is 22.3. The molecule has 8 nitrogen and oxygen atoms in total. The van der Waals surface area contributed by atoms with Crippen molar-refractivity contribution >= 4 is 46.1 Å². The largest absolute Gasteiger partial charge is 0.383 e. The highest BCUT2D eigenvalue weighted by Crippen LogP contribution is 2.24. The Labute approximate surface area is 182 Å². The highest BCUT2D eigenvalue weighted by atomic mass is 35.5. The van der Waals surface area contributed by atoms with Gasteiger partial charge in [0, 0.05) is 20.2 Å². The number of halogens is 2. The van der Waals surface area contributed by atoms with Gasteiger partial charge in [0.05, 0.1) is 35.3 Å². The van der Waals surface area contributed by atoms with Crippen molar-refractivity contribution in [3.05, 3.63) is 40.8 Å². The number of fused-ring (bicyclic) bond motifs is 1. The Balaban J connectivity index is 1.75. The fourth-order valence-electron chi connectivity index (χ4n) is 2.78. The molecule has 0 saturated carbocycles. The first-order chi connectivity index (χ1) is 14.5. The SMILES string of the molecule is CCSc1nc(NCCOC)c2cnn(CCNC(=O)c3c(F)cccc3Cl)c2n1. The third-order valence-corrected chi connectivity index (χ3v) is 5.19. The lowest BCUT2D eigenvalue weighted by molar-refractivity contribution is 0.0948. The van der Waals surface area contributed by atoms with Gasteiger partial charge in [0.2, 0.25) is 0 Å². The van der Waals surface area contributed by atoms with E-state index in [9.17, 15) is 9.18 Å². The van der Waals surface area contributed by atoms with E-state index in [0.717, 1.165) is 11.1 Å². The van der Waals surface area contributed by atoms with Crippen molar-refractivity contribution in [2.75, 3.05) is 37.9 Å². The van der Waals surface area contributed by atoms with Gasteiger partial charge in [-0.25, -0.2) is 19.0 Å². The van der Waals surface area contributed by atoms with Crippen LogP contribution in [0, 0.1) is 5.82 Å². The van der Waals surface area contributed by atoms with Crippen LogP contribution in [0.2, 0.25) is 5.02 Å². The predicted octanol–water partition coefficient (Wildman–Crippen LogP) is 3.22. The van der Waals surface area contributed by atoms with E-state index in [4.69, 9.17) is 16.3 Å². The van der Waals surface area contributed by atoms with E-state index in [1.807, 2.05) is 6.92 Å². The minimum atomic E-state index is -0.662. The van der Waals surface area contributed by atoms with Crippen molar-refractivity contribution in [2.24, 2.45) is 0 Å². The molecule has 0 spiro atoms. The third kappa shape index (κ3) is 5.18. The molecule has 3 aromatic rings. The van der Waals surface area contributed by atoms with Gasteiger partial charge in [-0.2, -0.15) is 5.10 Å². The molecule has 0 aliphatic heterocycles. The van der Waals surface area contributed by atoms with E-state index in [0.29, 0.717) is 36.3 Å². The number of ether oxygens (including phenoxy) is 1. The minimum absolute atomic E-state index is 0.0674. The molecule has 1 amide bonds. The van der Waals surface area contributed by atoms with Crippen molar-refractivity contribution in [3.8, 4) is 0 Å². The van der Waals surface area contributed by atoms with Gasteiger partial charge in [-0.05, 0) is 17.9 Å². The molecular formula is C19H22ClFN6O2S. The molecule has 0 bridgehead atoms. The van der Waals surface area contributed by atoms with Crippen LogP contribution in [0.1, 0.15) is 17.3 Å². The summed E-state index contributed by atoms with van der Waals surface area (Å²) < 4.78 is 20.7. The Morgan fingerprint density at radius 1 is 1.33 bits per heavy atom. The number of amides is 1. The number of thioether (sulfide) groups is 1. The van der Waals surface area contributed by atoms with Gasteiger partial charge in [0.25, 0.3) is 5.91 Å². The number of methoxy groups -OCH3 is 1. The summed E-state index contributed by atoms with van der Waals surface area (Å²) in [5.41, 5.74) is 0.483. The summed E-state index contributed by atoms with van der Waals surface area (Å²) in [4.78, 5) is 21.4. The summed E-state index contributed by atoms with van der Waals surface area (Å²) in [6, 6.07) is 4.13. The fourth-order valence-corrected chi connectivity index (χ4v) is 3.59. The van der Waals surface area contributed by atoms with Crippen LogP contribution in [0.25, 0.3) is 11.0 Å². The van der Waals surface area contributed by atoms with Crippen molar-refractivity contribution in [2.45, 2.75) is 18.6 Å². The van der Waals surface area contributed by atoms with Gasteiger partial charge in [-0.1, -0.05) is 36.4 Å².